The summed E-state index contributed by atoms with van der Waals surface area (Å²) in [5.74, 6) is -0.242. The number of aryl methyl sites for hydroxylation is 1. The Bertz CT molecular complexity index is 812. The van der Waals surface area contributed by atoms with Crippen molar-refractivity contribution >= 4 is 11.8 Å². The predicted octanol–water partition coefficient (Wildman–Crippen LogP) is 1.67. The minimum atomic E-state index is -0.163. The van der Waals surface area contributed by atoms with Crippen molar-refractivity contribution < 1.29 is 9.59 Å². The lowest BCUT2D eigenvalue weighted by atomic mass is 9.62. The van der Waals surface area contributed by atoms with Gasteiger partial charge in [0.2, 0.25) is 5.91 Å². The van der Waals surface area contributed by atoms with E-state index in [0.29, 0.717) is 25.3 Å². The van der Waals surface area contributed by atoms with E-state index in [0.717, 1.165) is 30.7 Å². The molecule has 1 spiro atoms. The van der Waals surface area contributed by atoms with Gasteiger partial charge in [0, 0.05) is 30.4 Å². The highest BCUT2D eigenvalue weighted by molar-refractivity contribution is 5.93. The van der Waals surface area contributed by atoms with Crippen molar-refractivity contribution in [1.29, 1.82) is 0 Å². The number of amides is 2. The molecule has 2 N–H and O–H groups in total. The molecule has 2 aromatic heterocycles. The van der Waals surface area contributed by atoms with Crippen molar-refractivity contribution in [2.75, 3.05) is 13.1 Å². The number of pyridine rings is 1. The second kappa shape index (κ2) is 6.55. The molecule has 7 nitrogen and oxygen atoms in total. The van der Waals surface area contributed by atoms with Crippen LogP contribution in [0.4, 0.5) is 0 Å². The predicted molar refractivity (Wildman–Crippen MR) is 95.1 cm³/mol. The van der Waals surface area contributed by atoms with Gasteiger partial charge in [0.1, 0.15) is 5.69 Å². The van der Waals surface area contributed by atoms with Crippen LogP contribution in [0.15, 0.2) is 30.5 Å². The lowest BCUT2D eigenvalue weighted by Gasteiger charge is -2.41. The summed E-state index contributed by atoms with van der Waals surface area (Å²) in [5, 5.41) is 9.89. The number of H-pyrrole nitrogens is 1. The van der Waals surface area contributed by atoms with Crippen molar-refractivity contribution in [1.82, 2.24) is 25.4 Å². The summed E-state index contributed by atoms with van der Waals surface area (Å²) in [4.78, 5) is 31.6. The molecule has 26 heavy (non-hydrogen) atoms. The van der Waals surface area contributed by atoms with Gasteiger partial charge in [-0.15, -0.1) is 0 Å². The van der Waals surface area contributed by atoms with E-state index in [9.17, 15) is 9.59 Å². The van der Waals surface area contributed by atoms with Gasteiger partial charge in [-0.05, 0) is 38.0 Å². The van der Waals surface area contributed by atoms with Gasteiger partial charge in [-0.3, -0.25) is 19.7 Å². The molecule has 7 heteroatoms. The molecule has 0 bridgehead atoms. The number of nitrogens with zero attached hydrogens (tertiary/aromatic N) is 3. The number of hydrogen-bond acceptors (Lipinski definition) is 4. The van der Waals surface area contributed by atoms with Crippen LogP contribution in [0.2, 0.25) is 0 Å². The third kappa shape index (κ3) is 2.98. The summed E-state index contributed by atoms with van der Waals surface area (Å²) in [6.07, 6.45) is 4.83. The number of nitrogens with one attached hydrogen (secondary N) is 2. The topological polar surface area (TPSA) is 91.0 Å². The van der Waals surface area contributed by atoms with Gasteiger partial charge in [0.25, 0.3) is 5.91 Å². The molecule has 2 aromatic rings. The van der Waals surface area contributed by atoms with Crippen molar-refractivity contribution in [3.05, 3.63) is 47.5 Å². The number of aromatic amines is 1. The first-order chi connectivity index (χ1) is 12.6. The molecule has 1 aliphatic heterocycles. The molecule has 0 aromatic carbocycles. The molecule has 4 rings (SSSR count). The maximum atomic E-state index is 12.8. The van der Waals surface area contributed by atoms with E-state index in [1.54, 1.807) is 17.2 Å². The minimum absolute atomic E-state index is 0.0175. The second-order valence-corrected chi connectivity index (χ2v) is 7.43. The Balaban J connectivity index is 1.45. The third-order valence-corrected chi connectivity index (χ3v) is 5.70. The lowest BCUT2D eigenvalue weighted by molar-refractivity contribution is -0.129. The fourth-order valence-corrected chi connectivity index (χ4v) is 4.12. The fraction of sp³-hybridized carbons (Fsp3) is 0.474. The molecule has 2 fully saturated rings. The molecule has 3 heterocycles. The van der Waals surface area contributed by atoms with Crippen LogP contribution in [0.25, 0.3) is 0 Å². The number of hydrogen-bond donors (Lipinski definition) is 2. The average Bonchev–Trinajstić information content (AvgIpc) is 3.24. The Morgan fingerprint density at radius 3 is 2.85 bits per heavy atom. The van der Waals surface area contributed by atoms with E-state index in [2.05, 4.69) is 20.5 Å². The van der Waals surface area contributed by atoms with E-state index in [-0.39, 0.29) is 23.1 Å². The molecule has 1 unspecified atom stereocenters. The van der Waals surface area contributed by atoms with Crippen molar-refractivity contribution in [2.24, 2.45) is 11.3 Å². The van der Waals surface area contributed by atoms with Crippen LogP contribution in [-0.2, 0) is 11.3 Å². The first-order valence-corrected chi connectivity index (χ1v) is 9.06. The Hall–Kier alpha value is -2.70. The summed E-state index contributed by atoms with van der Waals surface area (Å²) >= 11 is 0. The zero-order chi connectivity index (χ0) is 18.1. The van der Waals surface area contributed by atoms with Crippen molar-refractivity contribution in [3.63, 3.8) is 0 Å². The zero-order valence-electron chi connectivity index (χ0n) is 14.9. The molecule has 2 amide bonds. The monoisotopic (exact) mass is 353 g/mol. The molecular formula is C19H23N5O2. The van der Waals surface area contributed by atoms with E-state index >= 15 is 0 Å². The van der Waals surface area contributed by atoms with E-state index in [1.165, 1.54) is 0 Å². The van der Waals surface area contributed by atoms with Crippen LogP contribution in [0.1, 0.15) is 41.1 Å². The van der Waals surface area contributed by atoms with Crippen molar-refractivity contribution in [3.8, 4) is 0 Å². The van der Waals surface area contributed by atoms with E-state index < -0.39 is 0 Å². The zero-order valence-corrected chi connectivity index (χ0v) is 14.9. The smallest absolute Gasteiger partial charge is 0.274 e. The summed E-state index contributed by atoms with van der Waals surface area (Å²) in [7, 11) is 0. The Morgan fingerprint density at radius 2 is 2.23 bits per heavy atom. The fourth-order valence-electron chi connectivity index (χ4n) is 4.12. The first-order valence-electron chi connectivity index (χ1n) is 9.06. The van der Waals surface area contributed by atoms with Gasteiger partial charge in [-0.2, -0.15) is 5.10 Å². The number of rotatable bonds is 4. The van der Waals surface area contributed by atoms with Crippen LogP contribution in [0, 0.1) is 18.3 Å². The highest BCUT2D eigenvalue weighted by atomic mass is 16.2. The van der Waals surface area contributed by atoms with E-state index in [1.807, 2.05) is 25.1 Å². The maximum absolute atomic E-state index is 12.8. The van der Waals surface area contributed by atoms with Crippen LogP contribution < -0.4 is 5.32 Å². The molecule has 1 aliphatic carbocycles. The van der Waals surface area contributed by atoms with Gasteiger partial charge in [-0.1, -0.05) is 12.5 Å². The standard InChI is InChI=1S/C19H23N5O2/c1-13-9-16(23-22-13)18(26)24-11-15(19(12-24)6-4-7-19)17(25)21-10-14-5-2-3-8-20-14/h2-3,5,8-9,15H,4,6-7,10-12H2,1H3,(H,21,25)(H,22,23). The number of carbonyl (C=O) groups excluding carboxylic acids is 2. The van der Waals surface area contributed by atoms with Crippen LogP contribution in [0.5, 0.6) is 0 Å². The van der Waals surface area contributed by atoms with Gasteiger partial charge in [0.05, 0.1) is 18.2 Å². The number of carbonyl (C=O) groups is 2. The van der Waals surface area contributed by atoms with Gasteiger partial charge >= 0.3 is 0 Å². The third-order valence-electron chi connectivity index (χ3n) is 5.70. The second-order valence-electron chi connectivity index (χ2n) is 7.43. The highest BCUT2D eigenvalue weighted by Gasteiger charge is 2.54. The minimum Gasteiger partial charge on any atom is -0.350 e. The van der Waals surface area contributed by atoms with Gasteiger partial charge in [-0.25, -0.2) is 0 Å². The quantitative estimate of drug-likeness (QED) is 0.875. The van der Waals surface area contributed by atoms with Crippen molar-refractivity contribution in [2.45, 2.75) is 32.7 Å². The first kappa shape index (κ1) is 16.8. The number of likely N-dealkylation sites (tertiary alicyclic amines) is 1. The van der Waals surface area contributed by atoms with Crippen LogP contribution in [-0.4, -0.2) is 45.0 Å². The van der Waals surface area contributed by atoms with Gasteiger partial charge < -0.3 is 10.2 Å². The normalized spacial score (nSPS) is 20.8. The molecule has 1 saturated carbocycles. The molecular weight excluding hydrogens is 330 g/mol. The Morgan fingerprint density at radius 1 is 1.38 bits per heavy atom. The summed E-state index contributed by atoms with van der Waals surface area (Å²) in [5.41, 5.74) is 2.04. The van der Waals surface area contributed by atoms with E-state index in [4.69, 9.17) is 0 Å². The summed E-state index contributed by atoms with van der Waals surface area (Å²) in [6.45, 7) is 3.38. The van der Waals surface area contributed by atoms with Crippen LogP contribution in [0.3, 0.4) is 0 Å². The molecule has 2 aliphatic rings. The molecule has 136 valence electrons. The highest BCUT2D eigenvalue weighted by Crippen LogP contribution is 2.51. The maximum Gasteiger partial charge on any atom is 0.274 e. The lowest BCUT2D eigenvalue weighted by Crippen LogP contribution is -2.45. The average molecular weight is 353 g/mol. The molecule has 1 saturated heterocycles. The Kier molecular flexibility index (Phi) is 4.22. The SMILES string of the molecule is Cc1cc(C(=O)N2CC(C(=O)NCc3ccccn3)C3(CCC3)C2)n[nH]1. The molecule has 0 radical (unpaired) electrons. The van der Waals surface area contributed by atoms with Crippen LogP contribution >= 0.6 is 0 Å². The molecule has 1 atom stereocenters. The largest absolute Gasteiger partial charge is 0.350 e. The Labute approximate surface area is 152 Å². The number of aromatic nitrogens is 3. The summed E-state index contributed by atoms with van der Waals surface area (Å²) in [6, 6.07) is 7.41. The summed E-state index contributed by atoms with van der Waals surface area (Å²) < 4.78 is 0. The van der Waals surface area contributed by atoms with Gasteiger partial charge in [0.15, 0.2) is 0 Å².